The number of hydrogen-bond acceptors (Lipinski definition) is 4. The number of nitrogens with zero attached hydrogens (tertiary/aromatic N) is 1. The van der Waals surface area contributed by atoms with Gasteiger partial charge in [0.25, 0.3) is 5.91 Å². The van der Waals surface area contributed by atoms with E-state index in [1.165, 1.54) is 11.3 Å². The highest BCUT2D eigenvalue weighted by molar-refractivity contribution is 7.12. The average molecular weight is 413 g/mol. The first kappa shape index (κ1) is 18.7. The summed E-state index contributed by atoms with van der Waals surface area (Å²) in [4.78, 5) is 28.3. The number of fused-ring (bicyclic) bond motifs is 2. The Hall–Kier alpha value is -3.28. The molecule has 0 saturated heterocycles. The molecule has 0 saturated carbocycles. The Morgan fingerprint density at radius 1 is 0.933 bits per heavy atom. The molecule has 4 nitrogen and oxygen atoms in total. The molecule has 3 aromatic carbocycles. The number of anilines is 1. The number of Topliss-reactive ketones (excluding diaryl/α,β-unsaturated/α-hetero) is 1. The van der Waals surface area contributed by atoms with Crippen LogP contribution in [-0.2, 0) is 16.9 Å². The molecule has 1 aliphatic rings. The maximum absolute atomic E-state index is 13.5. The van der Waals surface area contributed by atoms with E-state index in [0.29, 0.717) is 22.7 Å². The van der Waals surface area contributed by atoms with Crippen molar-refractivity contribution in [2.45, 2.75) is 18.6 Å². The molecule has 1 aliphatic heterocycles. The number of amides is 1. The van der Waals surface area contributed by atoms with Gasteiger partial charge in [0.1, 0.15) is 0 Å². The van der Waals surface area contributed by atoms with Crippen molar-refractivity contribution >= 4 is 39.5 Å². The zero-order chi connectivity index (χ0) is 20.7. The summed E-state index contributed by atoms with van der Waals surface area (Å²) in [6, 6.07) is 24.7. The molecular weight excluding hydrogens is 394 g/mol. The van der Waals surface area contributed by atoms with Crippen LogP contribution in [0.4, 0.5) is 5.69 Å². The summed E-state index contributed by atoms with van der Waals surface area (Å²) in [5, 5.41) is 15.4. The summed E-state index contributed by atoms with van der Waals surface area (Å²) in [5.74, 6) is -0.691. The van der Waals surface area contributed by atoms with E-state index in [9.17, 15) is 14.7 Å². The monoisotopic (exact) mass is 413 g/mol. The summed E-state index contributed by atoms with van der Waals surface area (Å²) >= 11 is 1.31. The maximum atomic E-state index is 13.5. The van der Waals surface area contributed by atoms with Gasteiger partial charge < -0.3 is 10.0 Å². The molecule has 0 spiro atoms. The summed E-state index contributed by atoms with van der Waals surface area (Å²) in [5.41, 5.74) is 0.268. The summed E-state index contributed by atoms with van der Waals surface area (Å²) < 4.78 is 0. The van der Waals surface area contributed by atoms with Gasteiger partial charge >= 0.3 is 0 Å². The van der Waals surface area contributed by atoms with Crippen LogP contribution in [0.15, 0.2) is 84.2 Å². The quantitative estimate of drug-likeness (QED) is 0.473. The molecule has 1 amide bonds. The highest BCUT2D eigenvalue weighted by atomic mass is 32.1. The molecular formula is C25H19NO3S. The molecule has 30 heavy (non-hydrogen) atoms. The first-order chi connectivity index (χ1) is 14.6. The lowest BCUT2D eigenvalue weighted by Crippen LogP contribution is -2.41. The summed E-state index contributed by atoms with van der Waals surface area (Å²) in [6.45, 7) is 0.326. The Kier molecular flexibility index (Phi) is 4.50. The van der Waals surface area contributed by atoms with Crippen molar-refractivity contribution in [1.82, 2.24) is 0 Å². The topological polar surface area (TPSA) is 57.6 Å². The molecule has 0 fully saturated rings. The van der Waals surface area contributed by atoms with Crippen LogP contribution in [0.1, 0.15) is 27.2 Å². The third-order valence-electron chi connectivity index (χ3n) is 5.66. The lowest BCUT2D eigenvalue weighted by atomic mass is 9.89. The molecule has 148 valence electrons. The molecule has 1 atom stereocenters. The van der Waals surface area contributed by atoms with Crippen LogP contribution in [0.2, 0.25) is 0 Å². The van der Waals surface area contributed by atoms with Gasteiger partial charge in [0.2, 0.25) is 0 Å². The van der Waals surface area contributed by atoms with Crippen molar-refractivity contribution in [3.05, 3.63) is 100 Å². The number of carbonyl (C=O) groups is 2. The van der Waals surface area contributed by atoms with Crippen LogP contribution in [0, 0.1) is 0 Å². The van der Waals surface area contributed by atoms with Crippen molar-refractivity contribution < 1.29 is 14.7 Å². The van der Waals surface area contributed by atoms with Crippen molar-refractivity contribution in [3.8, 4) is 0 Å². The van der Waals surface area contributed by atoms with E-state index in [0.717, 1.165) is 16.3 Å². The molecule has 5 rings (SSSR count). The predicted octanol–water partition coefficient (Wildman–Crippen LogP) is 4.91. The summed E-state index contributed by atoms with van der Waals surface area (Å²) in [6.07, 6.45) is -0.268. The smallest absolute Gasteiger partial charge is 0.264 e. The number of aliphatic hydroxyl groups is 1. The van der Waals surface area contributed by atoms with E-state index in [-0.39, 0.29) is 12.2 Å². The first-order valence-corrected chi connectivity index (χ1v) is 10.6. The van der Waals surface area contributed by atoms with Crippen molar-refractivity contribution in [3.63, 3.8) is 0 Å². The van der Waals surface area contributed by atoms with E-state index >= 15 is 0 Å². The van der Waals surface area contributed by atoms with E-state index in [2.05, 4.69) is 0 Å². The van der Waals surface area contributed by atoms with Crippen LogP contribution < -0.4 is 4.90 Å². The van der Waals surface area contributed by atoms with Gasteiger partial charge in [-0.1, -0.05) is 66.7 Å². The second-order valence-corrected chi connectivity index (χ2v) is 8.43. The van der Waals surface area contributed by atoms with Gasteiger partial charge in [-0.05, 0) is 33.8 Å². The third-order valence-corrected chi connectivity index (χ3v) is 6.57. The van der Waals surface area contributed by atoms with Gasteiger partial charge in [-0.15, -0.1) is 11.3 Å². The molecule has 0 aliphatic carbocycles. The molecule has 0 radical (unpaired) electrons. The second-order valence-electron chi connectivity index (χ2n) is 7.48. The molecule has 4 aromatic rings. The lowest BCUT2D eigenvalue weighted by molar-refractivity contribution is -0.136. The van der Waals surface area contributed by atoms with E-state index in [4.69, 9.17) is 0 Å². The minimum absolute atomic E-state index is 0.234. The molecule has 0 bridgehead atoms. The predicted molar refractivity (Wildman–Crippen MR) is 119 cm³/mol. The fourth-order valence-electron chi connectivity index (χ4n) is 4.19. The van der Waals surface area contributed by atoms with E-state index in [1.54, 1.807) is 29.2 Å². The van der Waals surface area contributed by atoms with Gasteiger partial charge in [-0.3, -0.25) is 9.59 Å². The molecule has 1 aromatic heterocycles. The number of ketones is 1. The number of thiophene rings is 1. The lowest BCUT2D eigenvalue weighted by Gasteiger charge is -2.23. The van der Waals surface area contributed by atoms with Gasteiger partial charge in [0.15, 0.2) is 11.4 Å². The Bertz CT molecular complexity index is 1260. The Morgan fingerprint density at radius 3 is 2.53 bits per heavy atom. The minimum Gasteiger partial charge on any atom is -0.375 e. The number of carbonyl (C=O) groups excluding carboxylic acids is 2. The van der Waals surface area contributed by atoms with Crippen LogP contribution in [-0.4, -0.2) is 16.8 Å². The van der Waals surface area contributed by atoms with Gasteiger partial charge in [0, 0.05) is 5.56 Å². The van der Waals surface area contributed by atoms with Crippen molar-refractivity contribution in [2.24, 2.45) is 0 Å². The normalized spacial score (nSPS) is 18.0. The van der Waals surface area contributed by atoms with Crippen molar-refractivity contribution in [2.75, 3.05) is 4.90 Å². The largest absolute Gasteiger partial charge is 0.375 e. The van der Waals surface area contributed by atoms with Gasteiger partial charge in [0.05, 0.1) is 23.5 Å². The van der Waals surface area contributed by atoms with E-state index in [1.807, 2.05) is 60.0 Å². The van der Waals surface area contributed by atoms with Crippen LogP contribution >= 0.6 is 11.3 Å². The number of rotatable bonds is 5. The SMILES string of the molecule is O=C(CC1(O)C(=O)N(Cc2cccc3ccccc23)c2ccccc21)c1cccs1. The minimum atomic E-state index is -1.86. The first-order valence-electron chi connectivity index (χ1n) is 9.75. The maximum Gasteiger partial charge on any atom is 0.264 e. The average Bonchev–Trinajstić information content (AvgIpc) is 3.38. The molecule has 1 N–H and O–H groups in total. The zero-order valence-electron chi connectivity index (χ0n) is 16.1. The van der Waals surface area contributed by atoms with Crippen molar-refractivity contribution in [1.29, 1.82) is 0 Å². The third kappa shape index (κ3) is 2.95. The number of para-hydroxylation sites is 1. The zero-order valence-corrected chi connectivity index (χ0v) is 16.9. The molecule has 1 unspecified atom stereocenters. The highest BCUT2D eigenvalue weighted by Crippen LogP contribution is 2.44. The number of benzene rings is 3. The van der Waals surface area contributed by atoms with Crippen LogP contribution in [0.25, 0.3) is 10.8 Å². The number of hydrogen-bond donors (Lipinski definition) is 1. The highest BCUT2D eigenvalue weighted by Gasteiger charge is 2.50. The standard InChI is InChI=1S/C25H19NO3S/c27-22(23-13-6-14-30-23)15-25(29)20-11-3-4-12-21(20)26(24(25)28)16-18-9-5-8-17-7-1-2-10-19(17)18/h1-14,29H,15-16H2. The Balaban J connectivity index is 1.54. The van der Waals surface area contributed by atoms with Crippen LogP contribution in [0.3, 0.4) is 0 Å². The fourth-order valence-corrected chi connectivity index (χ4v) is 4.86. The van der Waals surface area contributed by atoms with E-state index < -0.39 is 11.5 Å². The summed E-state index contributed by atoms with van der Waals surface area (Å²) in [7, 11) is 0. The molecule has 5 heteroatoms. The second kappa shape index (κ2) is 7.20. The Morgan fingerprint density at radius 2 is 1.70 bits per heavy atom. The van der Waals surface area contributed by atoms with Gasteiger partial charge in [-0.2, -0.15) is 0 Å². The fraction of sp³-hybridized carbons (Fsp3) is 0.120. The van der Waals surface area contributed by atoms with Crippen LogP contribution in [0.5, 0.6) is 0 Å². The molecule has 2 heterocycles. The Labute approximate surface area is 178 Å². The van der Waals surface area contributed by atoms with Gasteiger partial charge in [-0.25, -0.2) is 0 Å².